The first-order valence-electron chi connectivity index (χ1n) is 6.27. The number of thioether (sulfide) groups is 1. The summed E-state index contributed by atoms with van der Waals surface area (Å²) in [4.78, 5) is 5.87. The summed E-state index contributed by atoms with van der Waals surface area (Å²) < 4.78 is 5.29. The zero-order valence-corrected chi connectivity index (χ0v) is 11.6. The maximum Gasteiger partial charge on any atom is 0.119 e. The van der Waals surface area contributed by atoms with Gasteiger partial charge in [-0.25, -0.2) is 0 Å². The lowest BCUT2D eigenvalue weighted by Gasteiger charge is -2.11. The average Bonchev–Trinajstić information content (AvgIpc) is 2.70. The molecular formula is C16H15NOS. The molecule has 0 aliphatic carbocycles. The highest BCUT2D eigenvalue weighted by Gasteiger charge is 2.15. The standard InChI is InChI=1S/C16H15NOS/c1-18-14-6-4-5-12(9-14)13-10-17-15-7-2-3-8-16(15)19-11-13/h2-10,13H,11H2,1H3. The van der Waals surface area contributed by atoms with Crippen LogP contribution in [0.2, 0.25) is 0 Å². The molecule has 0 aromatic heterocycles. The Balaban J connectivity index is 1.88. The molecular weight excluding hydrogens is 254 g/mol. The summed E-state index contributed by atoms with van der Waals surface area (Å²) in [5.41, 5.74) is 2.32. The van der Waals surface area contributed by atoms with Crippen LogP contribution in [0.5, 0.6) is 5.75 Å². The van der Waals surface area contributed by atoms with E-state index in [9.17, 15) is 0 Å². The second-order valence-corrected chi connectivity index (χ2v) is 5.50. The number of methoxy groups -OCH3 is 1. The van der Waals surface area contributed by atoms with Crippen molar-refractivity contribution in [2.45, 2.75) is 10.8 Å². The zero-order valence-electron chi connectivity index (χ0n) is 10.7. The van der Waals surface area contributed by atoms with Crippen LogP contribution in [0.1, 0.15) is 11.5 Å². The van der Waals surface area contributed by atoms with Crippen molar-refractivity contribution in [1.29, 1.82) is 0 Å². The van der Waals surface area contributed by atoms with Crippen LogP contribution in [0.4, 0.5) is 5.69 Å². The van der Waals surface area contributed by atoms with Gasteiger partial charge in [-0.15, -0.1) is 11.8 Å². The number of fused-ring (bicyclic) bond motifs is 1. The number of para-hydroxylation sites is 1. The first-order valence-corrected chi connectivity index (χ1v) is 7.25. The number of ether oxygens (including phenoxy) is 1. The molecule has 1 aliphatic heterocycles. The number of nitrogens with zero attached hydrogens (tertiary/aromatic N) is 1. The Labute approximate surface area is 117 Å². The highest BCUT2D eigenvalue weighted by atomic mass is 32.2. The molecule has 0 saturated heterocycles. The number of aliphatic imine (C=N–C) groups is 1. The lowest BCUT2D eigenvalue weighted by Crippen LogP contribution is -2.02. The van der Waals surface area contributed by atoms with E-state index in [0.29, 0.717) is 5.92 Å². The molecule has 3 heteroatoms. The zero-order chi connectivity index (χ0) is 13.1. The Morgan fingerprint density at radius 2 is 2.05 bits per heavy atom. The van der Waals surface area contributed by atoms with Crippen LogP contribution in [-0.2, 0) is 0 Å². The van der Waals surface area contributed by atoms with E-state index in [-0.39, 0.29) is 0 Å². The summed E-state index contributed by atoms with van der Waals surface area (Å²) in [5, 5.41) is 0. The Morgan fingerprint density at radius 3 is 2.95 bits per heavy atom. The first-order chi connectivity index (χ1) is 9.36. The minimum absolute atomic E-state index is 0.326. The normalized spacial score (nSPS) is 17.6. The van der Waals surface area contributed by atoms with Gasteiger partial charge >= 0.3 is 0 Å². The van der Waals surface area contributed by atoms with Gasteiger partial charge in [-0.2, -0.15) is 0 Å². The summed E-state index contributed by atoms with van der Waals surface area (Å²) in [5.74, 6) is 2.23. The molecule has 0 fully saturated rings. The number of rotatable bonds is 2. The van der Waals surface area contributed by atoms with Crippen molar-refractivity contribution >= 4 is 23.7 Å². The third kappa shape index (κ3) is 2.66. The SMILES string of the molecule is COc1cccc(C2C=Nc3ccccc3SC2)c1. The first kappa shape index (κ1) is 12.3. The van der Waals surface area contributed by atoms with Crippen LogP contribution in [0.3, 0.4) is 0 Å². The summed E-state index contributed by atoms with van der Waals surface area (Å²) in [6.45, 7) is 0. The van der Waals surface area contributed by atoms with Crippen LogP contribution >= 0.6 is 11.8 Å². The molecule has 96 valence electrons. The second-order valence-electron chi connectivity index (χ2n) is 4.44. The molecule has 0 spiro atoms. The van der Waals surface area contributed by atoms with Crippen molar-refractivity contribution in [2.75, 3.05) is 12.9 Å². The van der Waals surface area contributed by atoms with Crippen LogP contribution in [0.25, 0.3) is 0 Å². The van der Waals surface area contributed by atoms with E-state index >= 15 is 0 Å². The Bertz CT molecular complexity index is 609. The molecule has 0 saturated carbocycles. The van der Waals surface area contributed by atoms with Crippen molar-refractivity contribution in [3.63, 3.8) is 0 Å². The molecule has 0 radical (unpaired) electrons. The van der Waals surface area contributed by atoms with E-state index in [4.69, 9.17) is 4.74 Å². The maximum absolute atomic E-state index is 5.29. The fraction of sp³-hybridized carbons (Fsp3) is 0.188. The Morgan fingerprint density at radius 1 is 1.16 bits per heavy atom. The average molecular weight is 269 g/mol. The smallest absolute Gasteiger partial charge is 0.119 e. The summed E-state index contributed by atoms with van der Waals surface area (Å²) in [6, 6.07) is 16.5. The van der Waals surface area contributed by atoms with Crippen LogP contribution < -0.4 is 4.74 Å². The fourth-order valence-corrected chi connectivity index (χ4v) is 3.21. The molecule has 0 N–H and O–H groups in total. The lowest BCUT2D eigenvalue weighted by atomic mass is 10.0. The lowest BCUT2D eigenvalue weighted by molar-refractivity contribution is 0.414. The molecule has 2 aromatic rings. The monoisotopic (exact) mass is 269 g/mol. The molecule has 1 heterocycles. The predicted molar refractivity (Wildman–Crippen MR) is 81.1 cm³/mol. The number of hydrogen-bond acceptors (Lipinski definition) is 3. The van der Waals surface area contributed by atoms with Crippen molar-refractivity contribution in [2.24, 2.45) is 4.99 Å². The molecule has 1 atom stereocenters. The van der Waals surface area contributed by atoms with Gasteiger partial charge in [-0.1, -0.05) is 24.3 Å². The summed E-state index contributed by atoms with van der Waals surface area (Å²) in [6.07, 6.45) is 2.05. The highest BCUT2D eigenvalue weighted by Crippen LogP contribution is 2.36. The second kappa shape index (κ2) is 5.49. The third-order valence-electron chi connectivity index (χ3n) is 3.20. The van der Waals surface area contributed by atoms with Gasteiger partial charge in [0.25, 0.3) is 0 Å². The molecule has 1 unspecified atom stereocenters. The third-order valence-corrected chi connectivity index (χ3v) is 4.38. The molecule has 1 aliphatic rings. The van der Waals surface area contributed by atoms with Gasteiger partial charge < -0.3 is 4.74 Å². The van der Waals surface area contributed by atoms with Crippen molar-refractivity contribution in [1.82, 2.24) is 0 Å². The van der Waals surface area contributed by atoms with Gasteiger partial charge in [0, 0.05) is 22.8 Å². The highest BCUT2D eigenvalue weighted by molar-refractivity contribution is 7.99. The van der Waals surface area contributed by atoms with Gasteiger partial charge in [0.2, 0.25) is 0 Å². The van der Waals surface area contributed by atoms with E-state index in [1.807, 2.05) is 36.2 Å². The Kier molecular flexibility index (Phi) is 3.56. The van der Waals surface area contributed by atoms with Crippen LogP contribution in [0.15, 0.2) is 58.4 Å². The van der Waals surface area contributed by atoms with E-state index in [2.05, 4.69) is 35.3 Å². The van der Waals surface area contributed by atoms with Crippen LogP contribution in [-0.4, -0.2) is 19.1 Å². The van der Waals surface area contributed by atoms with Gasteiger partial charge in [0.15, 0.2) is 0 Å². The van der Waals surface area contributed by atoms with E-state index in [1.54, 1.807) is 7.11 Å². The van der Waals surface area contributed by atoms with Crippen molar-refractivity contribution < 1.29 is 4.74 Å². The quantitative estimate of drug-likeness (QED) is 0.811. The van der Waals surface area contributed by atoms with E-state index in [1.165, 1.54) is 10.5 Å². The number of benzene rings is 2. The van der Waals surface area contributed by atoms with E-state index < -0.39 is 0 Å². The molecule has 19 heavy (non-hydrogen) atoms. The predicted octanol–water partition coefficient (Wildman–Crippen LogP) is 4.29. The topological polar surface area (TPSA) is 21.6 Å². The van der Waals surface area contributed by atoms with Gasteiger partial charge in [0.05, 0.1) is 12.8 Å². The largest absolute Gasteiger partial charge is 0.497 e. The molecule has 0 bridgehead atoms. The van der Waals surface area contributed by atoms with Crippen molar-refractivity contribution in [3.8, 4) is 5.75 Å². The molecule has 0 amide bonds. The molecule has 2 nitrogen and oxygen atoms in total. The molecule has 2 aromatic carbocycles. The van der Waals surface area contributed by atoms with Crippen LogP contribution in [0, 0.1) is 0 Å². The fourth-order valence-electron chi connectivity index (χ4n) is 2.13. The minimum atomic E-state index is 0.326. The maximum atomic E-state index is 5.29. The summed E-state index contributed by atoms with van der Waals surface area (Å²) >= 11 is 1.86. The van der Waals surface area contributed by atoms with Gasteiger partial charge in [0.1, 0.15) is 5.75 Å². The summed E-state index contributed by atoms with van der Waals surface area (Å²) in [7, 11) is 1.70. The van der Waals surface area contributed by atoms with Crippen molar-refractivity contribution in [3.05, 3.63) is 54.1 Å². The molecule has 3 rings (SSSR count). The van der Waals surface area contributed by atoms with Gasteiger partial charge in [-0.3, -0.25) is 4.99 Å². The number of hydrogen-bond donors (Lipinski definition) is 0. The van der Waals surface area contributed by atoms with Gasteiger partial charge in [-0.05, 0) is 29.8 Å². The minimum Gasteiger partial charge on any atom is -0.497 e. The van der Waals surface area contributed by atoms with E-state index in [0.717, 1.165) is 17.2 Å². The Hall–Kier alpha value is -1.74.